The molecule has 300 valence electrons. The van der Waals surface area contributed by atoms with Crippen LogP contribution in [0, 0.1) is 0 Å². The number of hydrogen-bond acceptors (Lipinski definition) is 6. The fraction of sp³-hybridized carbons (Fsp3) is 0.889. The largest absolute Gasteiger partial charge is 0.462 e. The molecule has 0 fully saturated rings. The van der Waals surface area contributed by atoms with Gasteiger partial charge in [0, 0.05) is 19.3 Å². The van der Waals surface area contributed by atoms with Crippen LogP contribution in [0.15, 0.2) is 12.2 Å². The van der Waals surface area contributed by atoms with Crippen LogP contribution in [0.5, 0.6) is 0 Å². The number of esters is 3. The third kappa shape index (κ3) is 39.2. The maximum Gasteiger partial charge on any atom is 0.306 e. The van der Waals surface area contributed by atoms with E-state index >= 15 is 0 Å². The van der Waals surface area contributed by atoms with Gasteiger partial charge in [-0.2, -0.15) is 0 Å². The van der Waals surface area contributed by atoms with Crippen molar-refractivity contribution in [2.45, 2.75) is 245 Å². The van der Waals surface area contributed by atoms with Crippen LogP contribution in [-0.4, -0.2) is 37.2 Å². The van der Waals surface area contributed by atoms with Gasteiger partial charge in [-0.3, -0.25) is 14.4 Å². The fourth-order valence-electron chi connectivity index (χ4n) is 6.39. The summed E-state index contributed by atoms with van der Waals surface area (Å²) in [7, 11) is 0. The molecule has 0 aromatic rings. The molecule has 1 unspecified atom stereocenters. The van der Waals surface area contributed by atoms with Crippen molar-refractivity contribution in [3.8, 4) is 0 Å². The summed E-state index contributed by atoms with van der Waals surface area (Å²) in [4.78, 5) is 37.6. The molecule has 0 saturated heterocycles. The van der Waals surface area contributed by atoms with Crippen LogP contribution in [-0.2, 0) is 28.6 Å². The van der Waals surface area contributed by atoms with Crippen LogP contribution in [0.3, 0.4) is 0 Å². The third-order valence-electron chi connectivity index (χ3n) is 9.75. The Bertz CT molecular complexity index is 794. The van der Waals surface area contributed by atoms with E-state index in [9.17, 15) is 14.4 Å². The minimum absolute atomic E-state index is 0.0694. The first-order valence-corrected chi connectivity index (χ1v) is 22.2. The van der Waals surface area contributed by atoms with Gasteiger partial charge in [0.15, 0.2) is 6.10 Å². The molecule has 0 N–H and O–H groups in total. The molecule has 0 bridgehead atoms. The monoisotopic (exact) mass is 721 g/mol. The normalized spacial score (nSPS) is 12.0. The summed E-state index contributed by atoms with van der Waals surface area (Å²) in [5.41, 5.74) is 0. The smallest absolute Gasteiger partial charge is 0.306 e. The first-order chi connectivity index (χ1) is 25.0. The SMILES string of the molecule is CCC/C=C\CCCCCCCC(=O)OC(COC(=O)CCCCCCCCCCC)COC(=O)CCCCCCCCCCCCCCCC. The van der Waals surface area contributed by atoms with Gasteiger partial charge in [-0.1, -0.05) is 193 Å². The molecule has 0 spiro atoms. The van der Waals surface area contributed by atoms with E-state index in [1.807, 2.05) is 0 Å². The van der Waals surface area contributed by atoms with Crippen LogP contribution in [0.4, 0.5) is 0 Å². The molecule has 0 amide bonds. The second-order valence-electron chi connectivity index (χ2n) is 15.0. The summed E-state index contributed by atoms with van der Waals surface area (Å²) in [6.45, 7) is 6.55. The van der Waals surface area contributed by atoms with Gasteiger partial charge in [0.05, 0.1) is 0 Å². The van der Waals surface area contributed by atoms with Crippen molar-refractivity contribution in [2.75, 3.05) is 13.2 Å². The molecule has 0 saturated carbocycles. The lowest BCUT2D eigenvalue weighted by atomic mass is 10.0. The number of ether oxygens (including phenoxy) is 3. The molecule has 0 aromatic carbocycles. The molecular formula is C45H84O6. The Hall–Kier alpha value is -1.85. The minimum atomic E-state index is -0.764. The summed E-state index contributed by atoms with van der Waals surface area (Å²) in [5.74, 6) is -0.877. The summed E-state index contributed by atoms with van der Waals surface area (Å²) >= 11 is 0. The Balaban J connectivity index is 4.30. The Labute approximate surface area is 316 Å². The van der Waals surface area contributed by atoms with Gasteiger partial charge in [-0.15, -0.1) is 0 Å². The van der Waals surface area contributed by atoms with Crippen LogP contribution in [0.25, 0.3) is 0 Å². The summed E-state index contributed by atoms with van der Waals surface area (Å²) in [6.07, 6.45) is 41.9. The van der Waals surface area contributed by atoms with E-state index in [-0.39, 0.29) is 31.1 Å². The predicted molar refractivity (Wildman–Crippen MR) is 215 cm³/mol. The molecule has 6 nitrogen and oxygen atoms in total. The van der Waals surface area contributed by atoms with Crippen molar-refractivity contribution in [3.05, 3.63) is 12.2 Å². The molecule has 0 radical (unpaired) electrons. The molecule has 0 rings (SSSR count). The van der Waals surface area contributed by atoms with Gasteiger partial charge >= 0.3 is 17.9 Å². The maximum absolute atomic E-state index is 12.6. The average molecular weight is 721 g/mol. The molecule has 0 aliphatic heterocycles. The standard InChI is InChI=1S/C45H84O6/c1-4-7-10-13-16-19-21-22-23-24-27-29-32-35-38-44(47)50-41-42(40-49-43(46)37-34-31-28-25-18-15-12-9-6-3)51-45(48)39-36-33-30-26-20-17-14-11-8-5-2/h11,14,42H,4-10,12-13,15-41H2,1-3H3/b14-11-. The Kier molecular flexibility index (Phi) is 39.4. The number of carbonyl (C=O) groups is 3. The lowest BCUT2D eigenvalue weighted by Gasteiger charge is -2.18. The number of unbranched alkanes of at least 4 members (excludes halogenated alkanes) is 27. The highest BCUT2D eigenvalue weighted by molar-refractivity contribution is 5.71. The zero-order valence-corrected chi connectivity index (χ0v) is 34.1. The van der Waals surface area contributed by atoms with E-state index in [2.05, 4.69) is 32.9 Å². The Morgan fingerprint density at radius 3 is 1.06 bits per heavy atom. The van der Waals surface area contributed by atoms with Crippen LogP contribution in [0.2, 0.25) is 0 Å². The van der Waals surface area contributed by atoms with Crippen molar-refractivity contribution in [2.24, 2.45) is 0 Å². The van der Waals surface area contributed by atoms with E-state index in [0.717, 1.165) is 77.0 Å². The number of carbonyl (C=O) groups excluding carboxylic acids is 3. The zero-order chi connectivity index (χ0) is 37.3. The van der Waals surface area contributed by atoms with E-state index in [4.69, 9.17) is 14.2 Å². The quantitative estimate of drug-likeness (QED) is 0.0271. The molecule has 51 heavy (non-hydrogen) atoms. The molecule has 0 aromatic heterocycles. The van der Waals surface area contributed by atoms with Crippen molar-refractivity contribution < 1.29 is 28.6 Å². The van der Waals surface area contributed by atoms with Crippen LogP contribution >= 0.6 is 0 Å². The highest BCUT2D eigenvalue weighted by Crippen LogP contribution is 2.15. The first kappa shape index (κ1) is 49.1. The van der Waals surface area contributed by atoms with E-state index in [1.165, 1.54) is 122 Å². The summed E-state index contributed by atoms with van der Waals surface area (Å²) in [6, 6.07) is 0. The number of rotatable bonds is 40. The molecule has 1 atom stereocenters. The highest BCUT2D eigenvalue weighted by Gasteiger charge is 2.19. The van der Waals surface area contributed by atoms with Gasteiger partial charge in [-0.05, 0) is 38.5 Å². The molecular weight excluding hydrogens is 636 g/mol. The first-order valence-electron chi connectivity index (χ1n) is 22.2. The van der Waals surface area contributed by atoms with Crippen molar-refractivity contribution >= 4 is 17.9 Å². The van der Waals surface area contributed by atoms with Crippen molar-refractivity contribution in [3.63, 3.8) is 0 Å². The Morgan fingerprint density at radius 1 is 0.373 bits per heavy atom. The van der Waals surface area contributed by atoms with Crippen LogP contribution < -0.4 is 0 Å². The third-order valence-corrected chi connectivity index (χ3v) is 9.75. The van der Waals surface area contributed by atoms with Crippen molar-refractivity contribution in [1.82, 2.24) is 0 Å². The second-order valence-corrected chi connectivity index (χ2v) is 15.0. The van der Waals surface area contributed by atoms with Crippen molar-refractivity contribution in [1.29, 1.82) is 0 Å². The van der Waals surface area contributed by atoms with E-state index in [1.54, 1.807) is 0 Å². The molecule has 0 heterocycles. The van der Waals surface area contributed by atoms with Gasteiger partial charge in [-0.25, -0.2) is 0 Å². The molecule has 6 heteroatoms. The van der Waals surface area contributed by atoms with Gasteiger partial charge < -0.3 is 14.2 Å². The van der Waals surface area contributed by atoms with Gasteiger partial charge in [0.2, 0.25) is 0 Å². The number of hydrogen-bond donors (Lipinski definition) is 0. The topological polar surface area (TPSA) is 78.9 Å². The lowest BCUT2D eigenvalue weighted by molar-refractivity contribution is -0.167. The number of allylic oxidation sites excluding steroid dienone is 2. The van der Waals surface area contributed by atoms with Gasteiger partial charge in [0.25, 0.3) is 0 Å². The Morgan fingerprint density at radius 2 is 0.686 bits per heavy atom. The molecule has 0 aliphatic rings. The zero-order valence-electron chi connectivity index (χ0n) is 34.1. The van der Waals surface area contributed by atoms with E-state index in [0.29, 0.717) is 19.3 Å². The molecule has 0 aliphatic carbocycles. The lowest BCUT2D eigenvalue weighted by Crippen LogP contribution is -2.30. The minimum Gasteiger partial charge on any atom is -0.462 e. The summed E-state index contributed by atoms with van der Waals surface area (Å²) < 4.78 is 16.6. The van der Waals surface area contributed by atoms with E-state index < -0.39 is 6.10 Å². The average Bonchev–Trinajstić information content (AvgIpc) is 3.12. The highest BCUT2D eigenvalue weighted by atomic mass is 16.6. The predicted octanol–water partition coefficient (Wildman–Crippen LogP) is 13.9. The fourth-order valence-corrected chi connectivity index (χ4v) is 6.39. The second kappa shape index (κ2) is 40.9. The summed E-state index contributed by atoms with van der Waals surface area (Å²) in [5, 5.41) is 0. The van der Waals surface area contributed by atoms with Crippen LogP contribution in [0.1, 0.15) is 239 Å². The maximum atomic E-state index is 12.6. The van der Waals surface area contributed by atoms with Gasteiger partial charge in [0.1, 0.15) is 13.2 Å².